The first-order valence-electron chi connectivity index (χ1n) is 6.69. The lowest BCUT2D eigenvalue weighted by atomic mass is 10.1. The lowest BCUT2D eigenvalue weighted by molar-refractivity contribution is 0.0696. The van der Waals surface area contributed by atoms with E-state index in [-0.39, 0.29) is 10.7 Å². The molecule has 0 aromatic heterocycles. The van der Waals surface area contributed by atoms with Gasteiger partial charge in [0.15, 0.2) is 5.11 Å². The number of aryl methyl sites for hydroxylation is 1. The highest BCUT2D eigenvalue weighted by Gasteiger charge is 2.13. The third kappa shape index (κ3) is 4.65. The molecule has 0 aliphatic heterocycles. The molecule has 0 heterocycles. The Labute approximate surface area is 162 Å². The number of rotatable bonds is 3. The monoisotopic (exact) mass is 474 g/mol. The van der Waals surface area contributed by atoms with Crippen LogP contribution < -0.4 is 10.6 Å². The molecule has 0 bridgehead atoms. The van der Waals surface area contributed by atoms with Crippen LogP contribution in [0.25, 0.3) is 0 Å². The van der Waals surface area contributed by atoms with Crippen molar-refractivity contribution in [1.29, 1.82) is 0 Å². The minimum atomic E-state index is -1.01. The minimum Gasteiger partial charge on any atom is -0.478 e. The molecule has 0 saturated carbocycles. The lowest BCUT2D eigenvalue weighted by Gasteiger charge is -2.13. The maximum absolute atomic E-state index is 12.2. The molecular formula is C16H12ClIN2O3S. The molecule has 3 N–H and O–H groups in total. The molecule has 1 amide bonds. The van der Waals surface area contributed by atoms with Crippen molar-refractivity contribution in [1.82, 2.24) is 5.32 Å². The Bertz CT molecular complexity index is 842. The SMILES string of the molecule is Cc1cc(C(=O)O)ccc1NC(=S)NC(=O)c1cc(I)ccc1Cl. The van der Waals surface area contributed by atoms with E-state index in [1.165, 1.54) is 12.1 Å². The Hall–Kier alpha value is -1.71. The molecule has 0 fully saturated rings. The van der Waals surface area contributed by atoms with Crippen molar-refractivity contribution in [3.05, 3.63) is 61.7 Å². The Kier molecular flexibility index (Phi) is 6.14. The van der Waals surface area contributed by atoms with E-state index in [1.54, 1.807) is 31.2 Å². The molecule has 0 unspecified atom stereocenters. The van der Waals surface area contributed by atoms with Crippen LogP contribution in [0.4, 0.5) is 5.69 Å². The second-order valence-corrected chi connectivity index (χ2v) is 6.93. The molecule has 5 nitrogen and oxygen atoms in total. The standard InChI is InChI=1S/C16H12ClIN2O3S/c1-8-6-9(15(22)23)2-5-13(8)19-16(24)20-14(21)11-7-10(18)3-4-12(11)17/h2-7H,1H3,(H,22,23)(H2,19,20,21,24). The van der Waals surface area contributed by atoms with Crippen LogP contribution in [0.2, 0.25) is 5.02 Å². The number of carbonyl (C=O) groups excluding carboxylic acids is 1. The second kappa shape index (κ2) is 7.91. The largest absolute Gasteiger partial charge is 0.478 e. The van der Waals surface area contributed by atoms with Gasteiger partial charge in [-0.3, -0.25) is 10.1 Å². The van der Waals surface area contributed by atoms with Crippen molar-refractivity contribution in [2.75, 3.05) is 5.32 Å². The summed E-state index contributed by atoms with van der Waals surface area (Å²) < 4.78 is 0.876. The predicted octanol–water partition coefficient (Wildman–Crippen LogP) is 4.08. The highest BCUT2D eigenvalue weighted by molar-refractivity contribution is 14.1. The van der Waals surface area contributed by atoms with Crippen LogP contribution in [0.1, 0.15) is 26.3 Å². The van der Waals surface area contributed by atoms with Gasteiger partial charge >= 0.3 is 5.97 Å². The van der Waals surface area contributed by atoms with E-state index in [0.717, 1.165) is 3.57 Å². The smallest absolute Gasteiger partial charge is 0.335 e. The van der Waals surface area contributed by atoms with Crippen molar-refractivity contribution in [2.45, 2.75) is 6.92 Å². The molecule has 0 atom stereocenters. The summed E-state index contributed by atoms with van der Waals surface area (Å²) in [4.78, 5) is 23.2. The molecule has 0 aliphatic rings. The van der Waals surface area contributed by atoms with Gasteiger partial charge in [0.1, 0.15) is 0 Å². The summed E-state index contributed by atoms with van der Waals surface area (Å²) in [6.07, 6.45) is 0. The third-order valence-electron chi connectivity index (χ3n) is 3.12. The van der Waals surface area contributed by atoms with E-state index in [1.807, 2.05) is 0 Å². The number of nitrogens with one attached hydrogen (secondary N) is 2. The van der Waals surface area contributed by atoms with E-state index in [0.29, 0.717) is 21.8 Å². The van der Waals surface area contributed by atoms with Crippen LogP contribution in [0.5, 0.6) is 0 Å². The van der Waals surface area contributed by atoms with Gasteiger partial charge in [0.25, 0.3) is 5.91 Å². The fourth-order valence-electron chi connectivity index (χ4n) is 1.93. The zero-order chi connectivity index (χ0) is 17.9. The van der Waals surface area contributed by atoms with Crippen molar-refractivity contribution in [2.24, 2.45) is 0 Å². The molecule has 0 radical (unpaired) electrons. The van der Waals surface area contributed by atoms with Crippen LogP contribution in [0.3, 0.4) is 0 Å². The summed E-state index contributed by atoms with van der Waals surface area (Å²) in [6.45, 7) is 1.75. The summed E-state index contributed by atoms with van der Waals surface area (Å²) in [5, 5.41) is 14.8. The number of aromatic carboxylic acids is 1. The van der Waals surface area contributed by atoms with E-state index >= 15 is 0 Å². The van der Waals surface area contributed by atoms with Crippen LogP contribution in [-0.2, 0) is 0 Å². The number of amides is 1. The topological polar surface area (TPSA) is 78.4 Å². The molecule has 0 saturated heterocycles. The Morgan fingerprint density at radius 3 is 2.54 bits per heavy atom. The zero-order valence-corrected chi connectivity index (χ0v) is 16.1. The van der Waals surface area contributed by atoms with E-state index in [2.05, 4.69) is 33.2 Å². The van der Waals surface area contributed by atoms with Crippen molar-refractivity contribution in [3.8, 4) is 0 Å². The van der Waals surface area contributed by atoms with Gasteiger partial charge in [-0.25, -0.2) is 4.79 Å². The number of benzene rings is 2. The van der Waals surface area contributed by atoms with E-state index < -0.39 is 11.9 Å². The number of thiocarbonyl (C=S) groups is 1. The first-order chi connectivity index (χ1) is 11.3. The fourth-order valence-corrected chi connectivity index (χ4v) is 2.83. The summed E-state index contributed by atoms with van der Waals surface area (Å²) in [7, 11) is 0. The normalized spacial score (nSPS) is 10.1. The van der Waals surface area contributed by atoms with Crippen molar-refractivity contribution in [3.63, 3.8) is 0 Å². The van der Waals surface area contributed by atoms with Gasteiger partial charge in [-0.05, 0) is 83.7 Å². The molecule has 2 rings (SSSR count). The highest BCUT2D eigenvalue weighted by atomic mass is 127. The third-order valence-corrected chi connectivity index (χ3v) is 4.33. The molecule has 24 heavy (non-hydrogen) atoms. The Morgan fingerprint density at radius 2 is 1.92 bits per heavy atom. The van der Waals surface area contributed by atoms with Gasteiger partial charge in [-0.2, -0.15) is 0 Å². The second-order valence-electron chi connectivity index (χ2n) is 4.87. The minimum absolute atomic E-state index is 0.0982. The van der Waals surface area contributed by atoms with Gasteiger partial charge in [-0.15, -0.1) is 0 Å². The van der Waals surface area contributed by atoms with Gasteiger partial charge in [0, 0.05) is 9.26 Å². The first kappa shape index (κ1) is 18.6. The van der Waals surface area contributed by atoms with Gasteiger partial charge in [0.05, 0.1) is 16.1 Å². The number of hydrogen-bond acceptors (Lipinski definition) is 3. The first-order valence-corrected chi connectivity index (χ1v) is 8.55. The number of carboxylic acid groups (broad SMARTS) is 1. The number of carboxylic acids is 1. The van der Waals surface area contributed by atoms with Gasteiger partial charge in [0.2, 0.25) is 0 Å². The highest BCUT2D eigenvalue weighted by Crippen LogP contribution is 2.19. The van der Waals surface area contributed by atoms with Gasteiger partial charge in [-0.1, -0.05) is 11.6 Å². The summed E-state index contributed by atoms with van der Waals surface area (Å²) in [6, 6.07) is 9.67. The average Bonchev–Trinajstić information content (AvgIpc) is 2.51. The quantitative estimate of drug-likeness (QED) is 0.462. The zero-order valence-electron chi connectivity index (χ0n) is 12.4. The maximum Gasteiger partial charge on any atom is 0.335 e. The fraction of sp³-hybridized carbons (Fsp3) is 0.0625. The van der Waals surface area contributed by atoms with Crippen molar-refractivity contribution < 1.29 is 14.7 Å². The van der Waals surface area contributed by atoms with E-state index in [4.69, 9.17) is 28.9 Å². The molecule has 0 aliphatic carbocycles. The number of anilines is 1. The predicted molar refractivity (Wildman–Crippen MR) is 106 cm³/mol. The molecule has 0 spiro atoms. The Morgan fingerprint density at radius 1 is 1.21 bits per heavy atom. The number of hydrogen-bond donors (Lipinski definition) is 3. The summed E-state index contributed by atoms with van der Waals surface area (Å²) in [5.74, 6) is -1.43. The molecule has 124 valence electrons. The average molecular weight is 475 g/mol. The van der Waals surface area contributed by atoms with Gasteiger partial charge < -0.3 is 10.4 Å². The van der Waals surface area contributed by atoms with Crippen LogP contribution in [0.15, 0.2) is 36.4 Å². The van der Waals surface area contributed by atoms with Crippen molar-refractivity contribution >= 4 is 69.1 Å². The molecule has 2 aromatic carbocycles. The molecular weight excluding hydrogens is 463 g/mol. The maximum atomic E-state index is 12.2. The summed E-state index contributed by atoms with van der Waals surface area (Å²) in [5.41, 5.74) is 1.81. The lowest BCUT2D eigenvalue weighted by Crippen LogP contribution is -2.34. The number of halogens is 2. The van der Waals surface area contributed by atoms with E-state index in [9.17, 15) is 9.59 Å². The number of carbonyl (C=O) groups is 2. The molecule has 8 heteroatoms. The summed E-state index contributed by atoms with van der Waals surface area (Å²) >= 11 is 13.2. The van der Waals surface area contributed by atoms with Crippen LogP contribution in [-0.4, -0.2) is 22.1 Å². The van der Waals surface area contributed by atoms with Crippen LogP contribution in [0, 0.1) is 10.5 Å². The van der Waals surface area contributed by atoms with Crippen LogP contribution >= 0.6 is 46.4 Å². The Balaban J connectivity index is 2.09. The molecule has 2 aromatic rings.